The molecule has 0 aliphatic rings. The minimum atomic E-state index is 0.727. The molecule has 316 valence electrons. The summed E-state index contributed by atoms with van der Waals surface area (Å²) in [5.74, 6) is 0.727. The van der Waals surface area contributed by atoms with Crippen LogP contribution in [-0.4, -0.2) is 14.5 Å². The van der Waals surface area contributed by atoms with E-state index in [1.165, 1.54) is 66.3 Å². The highest BCUT2D eigenvalue weighted by Crippen LogP contribution is 2.41. The lowest BCUT2D eigenvalue weighted by molar-refractivity contribution is 1.18. The molecule has 11 rings (SSSR count). The van der Waals surface area contributed by atoms with Crippen molar-refractivity contribution in [2.45, 2.75) is 27.7 Å². The Morgan fingerprint density at radius 1 is 0.348 bits per heavy atom. The maximum atomic E-state index is 5.11. The SMILES string of the molecule is Cc1cccc(-c2cc(-c3ccc(-c4cc(C)c(-c5ccc(-n6c7ccccc7c7cc(N(c8ccccc8)c8ccccc8)ccc76)cc5)c(C)c4)cc3)nc(-c3cccc(C)c3)n2)c1. The van der Waals surface area contributed by atoms with Crippen LogP contribution < -0.4 is 4.90 Å². The largest absolute Gasteiger partial charge is 0.310 e. The summed E-state index contributed by atoms with van der Waals surface area (Å²) in [6, 6.07) is 78.4. The molecule has 0 fully saturated rings. The van der Waals surface area contributed by atoms with Crippen LogP contribution in [0.15, 0.2) is 218 Å². The molecule has 0 radical (unpaired) electrons. The van der Waals surface area contributed by atoms with Gasteiger partial charge in [0.1, 0.15) is 0 Å². The molecular weight excluding hydrogens is 801 g/mol. The molecular formula is C62H48N4. The Labute approximate surface area is 386 Å². The second-order valence-corrected chi connectivity index (χ2v) is 17.4. The first-order valence-corrected chi connectivity index (χ1v) is 22.6. The van der Waals surface area contributed by atoms with Gasteiger partial charge < -0.3 is 9.47 Å². The normalized spacial score (nSPS) is 11.3. The average molecular weight is 849 g/mol. The van der Waals surface area contributed by atoms with E-state index in [-0.39, 0.29) is 0 Å². The molecule has 66 heavy (non-hydrogen) atoms. The van der Waals surface area contributed by atoms with Crippen LogP contribution in [0.5, 0.6) is 0 Å². The minimum absolute atomic E-state index is 0.727. The smallest absolute Gasteiger partial charge is 0.160 e. The van der Waals surface area contributed by atoms with Crippen LogP contribution in [0.1, 0.15) is 22.3 Å². The number of anilines is 3. The summed E-state index contributed by atoms with van der Waals surface area (Å²) in [5, 5.41) is 2.45. The molecule has 11 aromatic rings. The monoisotopic (exact) mass is 848 g/mol. The molecule has 0 aliphatic carbocycles. The Hall–Kier alpha value is -8.34. The predicted molar refractivity (Wildman–Crippen MR) is 277 cm³/mol. The first kappa shape index (κ1) is 40.4. The molecule has 0 aliphatic heterocycles. The van der Waals surface area contributed by atoms with Gasteiger partial charge in [0.05, 0.1) is 22.4 Å². The highest BCUT2D eigenvalue weighted by Gasteiger charge is 2.18. The van der Waals surface area contributed by atoms with Gasteiger partial charge in [0.2, 0.25) is 0 Å². The van der Waals surface area contributed by atoms with E-state index in [0.717, 1.165) is 56.7 Å². The van der Waals surface area contributed by atoms with Crippen molar-refractivity contribution in [3.05, 3.63) is 241 Å². The predicted octanol–water partition coefficient (Wildman–Crippen LogP) is 16.6. The van der Waals surface area contributed by atoms with Crippen molar-refractivity contribution in [3.8, 4) is 61.8 Å². The van der Waals surface area contributed by atoms with Crippen LogP contribution in [0.25, 0.3) is 83.6 Å². The number of benzene rings is 9. The van der Waals surface area contributed by atoms with Gasteiger partial charge in [0.25, 0.3) is 0 Å². The van der Waals surface area contributed by atoms with E-state index in [4.69, 9.17) is 9.97 Å². The molecule has 0 atom stereocenters. The van der Waals surface area contributed by atoms with Gasteiger partial charge in [-0.1, -0.05) is 151 Å². The molecule has 0 spiro atoms. The van der Waals surface area contributed by atoms with Gasteiger partial charge in [-0.2, -0.15) is 0 Å². The van der Waals surface area contributed by atoms with Gasteiger partial charge in [-0.05, 0) is 140 Å². The topological polar surface area (TPSA) is 34.0 Å². The van der Waals surface area contributed by atoms with Gasteiger partial charge in [-0.15, -0.1) is 0 Å². The summed E-state index contributed by atoms with van der Waals surface area (Å²) in [6.45, 7) is 8.68. The summed E-state index contributed by atoms with van der Waals surface area (Å²) < 4.78 is 2.40. The van der Waals surface area contributed by atoms with Crippen LogP contribution >= 0.6 is 0 Å². The Kier molecular flexibility index (Phi) is 10.4. The van der Waals surface area contributed by atoms with Crippen LogP contribution in [0.2, 0.25) is 0 Å². The Morgan fingerprint density at radius 2 is 0.894 bits per heavy atom. The van der Waals surface area contributed by atoms with Crippen molar-refractivity contribution in [2.75, 3.05) is 4.90 Å². The van der Waals surface area contributed by atoms with Gasteiger partial charge >= 0.3 is 0 Å². The number of nitrogens with zero attached hydrogens (tertiary/aromatic N) is 4. The lowest BCUT2D eigenvalue weighted by Crippen LogP contribution is -2.09. The molecule has 0 saturated carbocycles. The number of fused-ring (bicyclic) bond motifs is 3. The first-order chi connectivity index (χ1) is 32.3. The van der Waals surface area contributed by atoms with Gasteiger partial charge in [-0.3, -0.25) is 0 Å². The molecule has 2 heterocycles. The highest BCUT2D eigenvalue weighted by atomic mass is 15.1. The lowest BCUT2D eigenvalue weighted by atomic mass is 9.91. The number of hydrogen-bond acceptors (Lipinski definition) is 3. The van der Waals surface area contributed by atoms with Crippen LogP contribution in [0.3, 0.4) is 0 Å². The third-order valence-corrected chi connectivity index (χ3v) is 12.7. The standard InChI is InChI=1S/C62H48N4/c1-41-15-13-17-48(35-41)58-40-57(63-62(64-58)49-18-14-16-42(2)36-49)46-27-25-45(26-28-46)50-37-43(3)61(44(4)38-50)47-29-31-53(32-30-47)66-59-24-12-11-23-55(59)56-39-54(33-34-60(56)66)65(51-19-7-5-8-20-51)52-21-9-6-10-22-52/h5-40H,1-4H3. The number of aryl methyl sites for hydroxylation is 4. The van der Waals surface area contributed by atoms with E-state index in [1.807, 2.05) is 0 Å². The fraction of sp³-hybridized carbons (Fsp3) is 0.0645. The summed E-state index contributed by atoms with van der Waals surface area (Å²) in [6.07, 6.45) is 0. The molecule has 0 saturated heterocycles. The van der Waals surface area contributed by atoms with E-state index in [2.05, 4.69) is 256 Å². The van der Waals surface area contributed by atoms with E-state index >= 15 is 0 Å². The Morgan fingerprint density at radius 3 is 1.55 bits per heavy atom. The second kappa shape index (κ2) is 17.0. The van der Waals surface area contributed by atoms with Crippen molar-refractivity contribution < 1.29 is 0 Å². The summed E-state index contributed by atoms with van der Waals surface area (Å²) in [5.41, 5.74) is 21.5. The Balaban J connectivity index is 0.903. The molecule has 0 bridgehead atoms. The van der Waals surface area contributed by atoms with Crippen molar-refractivity contribution >= 4 is 38.9 Å². The van der Waals surface area contributed by atoms with Gasteiger partial charge in [0.15, 0.2) is 5.82 Å². The third-order valence-electron chi connectivity index (χ3n) is 12.7. The molecule has 9 aromatic carbocycles. The fourth-order valence-electron chi connectivity index (χ4n) is 9.64. The van der Waals surface area contributed by atoms with Crippen molar-refractivity contribution in [3.63, 3.8) is 0 Å². The van der Waals surface area contributed by atoms with Crippen molar-refractivity contribution in [1.29, 1.82) is 0 Å². The Bertz CT molecular complexity index is 3430. The van der Waals surface area contributed by atoms with Gasteiger partial charge in [-0.25, -0.2) is 9.97 Å². The fourth-order valence-corrected chi connectivity index (χ4v) is 9.64. The van der Waals surface area contributed by atoms with E-state index in [1.54, 1.807) is 0 Å². The second-order valence-electron chi connectivity index (χ2n) is 17.4. The van der Waals surface area contributed by atoms with E-state index in [0.29, 0.717) is 0 Å². The highest BCUT2D eigenvalue weighted by molar-refractivity contribution is 6.10. The first-order valence-electron chi connectivity index (χ1n) is 22.6. The number of aromatic nitrogens is 3. The molecule has 2 aromatic heterocycles. The molecule has 4 heteroatoms. The van der Waals surface area contributed by atoms with Crippen LogP contribution in [0, 0.1) is 27.7 Å². The quantitative estimate of drug-likeness (QED) is 0.145. The average Bonchev–Trinajstić information content (AvgIpc) is 3.68. The molecule has 0 amide bonds. The van der Waals surface area contributed by atoms with Crippen molar-refractivity contribution in [2.24, 2.45) is 0 Å². The summed E-state index contributed by atoms with van der Waals surface area (Å²) in [7, 11) is 0. The molecule has 0 N–H and O–H groups in total. The lowest BCUT2D eigenvalue weighted by Gasteiger charge is -2.25. The number of para-hydroxylation sites is 3. The zero-order chi connectivity index (χ0) is 44.7. The van der Waals surface area contributed by atoms with Crippen LogP contribution in [-0.2, 0) is 0 Å². The van der Waals surface area contributed by atoms with Crippen LogP contribution in [0.4, 0.5) is 17.1 Å². The number of rotatable bonds is 9. The minimum Gasteiger partial charge on any atom is -0.310 e. The number of hydrogen-bond donors (Lipinski definition) is 0. The zero-order valence-corrected chi connectivity index (χ0v) is 37.6. The molecule has 4 nitrogen and oxygen atoms in total. The van der Waals surface area contributed by atoms with E-state index in [9.17, 15) is 0 Å². The summed E-state index contributed by atoms with van der Waals surface area (Å²) >= 11 is 0. The zero-order valence-electron chi connectivity index (χ0n) is 37.6. The van der Waals surface area contributed by atoms with E-state index < -0.39 is 0 Å². The maximum Gasteiger partial charge on any atom is 0.160 e. The summed E-state index contributed by atoms with van der Waals surface area (Å²) in [4.78, 5) is 12.5. The molecule has 0 unspecified atom stereocenters. The van der Waals surface area contributed by atoms with Gasteiger partial charge in [0, 0.05) is 50.2 Å². The van der Waals surface area contributed by atoms with Crippen molar-refractivity contribution in [1.82, 2.24) is 14.5 Å². The third kappa shape index (κ3) is 7.63. The maximum absolute atomic E-state index is 5.11.